The number of hydrogen-bond acceptors (Lipinski definition) is 2. The van der Waals surface area contributed by atoms with Crippen LogP contribution in [0.25, 0.3) is 10.9 Å². The summed E-state index contributed by atoms with van der Waals surface area (Å²) < 4.78 is 28.2. The first-order chi connectivity index (χ1) is 9.45. The summed E-state index contributed by atoms with van der Waals surface area (Å²) in [6, 6.07) is 2.92. The molecule has 1 heterocycles. The number of aromatic nitrogens is 1. The minimum absolute atomic E-state index is 0.0936. The van der Waals surface area contributed by atoms with Crippen LogP contribution in [0.3, 0.4) is 0 Å². The Morgan fingerprint density at radius 3 is 2.55 bits per heavy atom. The van der Waals surface area contributed by atoms with Crippen LogP contribution in [0.15, 0.2) is 12.1 Å². The third kappa shape index (κ3) is 2.60. The van der Waals surface area contributed by atoms with Crippen LogP contribution in [0.5, 0.6) is 0 Å². The number of pyridine rings is 1. The van der Waals surface area contributed by atoms with Gasteiger partial charge in [0.05, 0.1) is 0 Å². The number of anilines is 1. The van der Waals surface area contributed by atoms with Crippen LogP contribution in [0.1, 0.15) is 44.2 Å². The minimum atomic E-state index is -0.478. The fourth-order valence-electron chi connectivity index (χ4n) is 2.24. The van der Waals surface area contributed by atoms with Gasteiger partial charge >= 0.3 is 0 Å². The standard InChI is InChI=1S/C16H20F2N2/c1-5-6-19-16-11(9(2)3)8-12-14(18)10(4)7-13(17)15(12)20-16/h7-9H,5-6H2,1-4H3,(H,19,20). The van der Waals surface area contributed by atoms with Gasteiger partial charge in [0.25, 0.3) is 0 Å². The maximum atomic E-state index is 14.2. The molecule has 2 nitrogen and oxygen atoms in total. The highest BCUT2D eigenvalue weighted by atomic mass is 19.1. The van der Waals surface area contributed by atoms with Gasteiger partial charge in [0.1, 0.15) is 23.0 Å². The second-order valence-corrected chi connectivity index (χ2v) is 5.39. The van der Waals surface area contributed by atoms with E-state index in [9.17, 15) is 8.78 Å². The van der Waals surface area contributed by atoms with Gasteiger partial charge < -0.3 is 5.32 Å². The molecule has 0 aliphatic carbocycles. The molecule has 0 fully saturated rings. The van der Waals surface area contributed by atoms with Crippen molar-refractivity contribution in [3.63, 3.8) is 0 Å². The Hall–Kier alpha value is -1.71. The smallest absolute Gasteiger partial charge is 0.149 e. The molecule has 4 heteroatoms. The molecule has 0 radical (unpaired) electrons. The summed E-state index contributed by atoms with van der Waals surface area (Å²) in [6.07, 6.45) is 0.946. The maximum absolute atomic E-state index is 14.2. The first-order valence-electron chi connectivity index (χ1n) is 6.98. The van der Waals surface area contributed by atoms with Gasteiger partial charge in [-0.25, -0.2) is 13.8 Å². The second-order valence-electron chi connectivity index (χ2n) is 5.39. The summed E-state index contributed by atoms with van der Waals surface area (Å²) in [4.78, 5) is 4.31. The summed E-state index contributed by atoms with van der Waals surface area (Å²) >= 11 is 0. The molecule has 0 unspecified atom stereocenters. The number of nitrogens with one attached hydrogen (secondary N) is 1. The van der Waals surface area contributed by atoms with Crippen molar-refractivity contribution in [1.82, 2.24) is 4.98 Å². The lowest BCUT2D eigenvalue weighted by Gasteiger charge is -2.15. The highest BCUT2D eigenvalue weighted by Crippen LogP contribution is 2.30. The van der Waals surface area contributed by atoms with Crippen LogP contribution < -0.4 is 5.32 Å². The lowest BCUT2D eigenvalue weighted by molar-refractivity contribution is 0.607. The van der Waals surface area contributed by atoms with Crippen LogP contribution in [-0.4, -0.2) is 11.5 Å². The monoisotopic (exact) mass is 278 g/mol. The van der Waals surface area contributed by atoms with E-state index in [1.54, 1.807) is 13.0 Å². The van der Waals surface area contributed by atoms with Crippen molar-refractivity contribution in [3.05, 3.63) is 34.9 Å². The van der Waals surface area contributed by atoms with Crippen LogP contribution >= 0.6 is 0 Å². The van der Waals surface area contributed by atoms with Crippen LogP contribution in [0.2, 0.25) is 0 Å². The fourth-order valence-corrected chi connectivity index (χ4v) is 2.24. The number of halogens is 2. The average molecular weight is 278 g/mol. The molecule has 0 saturated heterocycles. The molecular weight excluding hydrogens is 258 g/mol. The van der Waals surface area contributed by atoms with Gasteiger partial charge in [0.15, 0.2) is 0 Å². The molecule has 1 aromatic carbocycles. The molecule has 2 rings (SSSR count). The Kier molecular flexibility index (Phi) is 4.21. The summed E-state index contributed by atoms with van der Waals surface area (Å²) in [6.45, 7) is 8.41. The maximum Gasteiger partial charge on any atom is 0.149 e. The number of benzene rings is 1. The van der Waals surface area contributed by atoms with E-state index in [4.69, 9.17) is 0 Å². The Balaban J connectivity index is 2.71. The van der Waals surface area contributed by atoms with Gasteiger partial charge in [-0.2, -0.15) is 0 Å². The van der Waals surface area contributed by atoms with Gasteiger partial charge in [-0.15, -0.1) is 0 Å². The fraction of sp³-hybridized carbons (Fsp3) is 0.438. The number of nitrogens with zero attached hydrogens (tertiary/aromatic N) is 1. The van der Waals surface area contributed by atoms with Crippen LogP contribution in [0, 0.1) is 18.6 Å². The lowest BCUT2D eigenvalue weighted by Crippen LogP contribution is -2.08. The first kappa shape index (κ1) is 14.7. The van der Waals surface area contributed by atoms with Crippen LogP contribution in [-0.2, 0) is 0 Å². The third-order valence-electron chi connectivity index (χ3n) is 3.37. The summed E-state index contributed by atoms with van der Waals surface area (Å²) in [5.74, 6) is -0.0303. The minimum Gasteiger partial charge on any atom is -0.370 e. The molecule has 0 saturated carbocycles. The highest BCUT2D eigenvalue weighted by Gasteiger charge is 2.16. The van der Waals surface area contributed by atoms with E-state index in [1.165, 1.54) is 6.07 Å². The van der Waals surface area contributed by atoms with Gasteiger partial charge in [0.2, 0.25) is 0 Å². The summed E-state index contributed by atoms with van der Waals surface area (Å²) in [5, 5.41) is 3.46. The Morgan fingerprint density at radius 2 is 1.95 bits per heavy atom. The normalized spacial score (nSPS) is 11.3. The number of hydrogen-bond donors (Lipinski definition) is 1. The molecule has 2 aromatic rings. The van der Waals surface area contributed by atoms with Crippen molar-refractivity contribution in [1.29, 1.82) is 0 Å². The van der Waals surface area contributed by atoms with Gasteiger partial charge in [-0.3, -0.25) is 0 Å². The molecule has 0 aliphatic heterocycles. The zero-order valence-corrected chi connectivity index (χ0v) is 12.3. The Labute approximate surface area is 118 Å². The molecule has 0 aliphatic rings. The number of rotatable bonds is 4. The topological polar surface area (TPSA) is 24.9 Å². The SMILES string of the molecule is CCCNc1nc2c(F)cc(C)c(F)c2cc1C(C)C. The largest absolute Gasteiger partial charge is 0.370 e. The first-order valence-corrected chi connectivity index (χ1v) is 6.98. The zero-order valence-electron chi connectivity index (χ0n) is 12.3. The Morgan fingerprint density at radius 1 is 1.25 bits per heavy atom. The molecule has 0 atom stereocenters. The van der Waals surface area contributed by atoms with E-state index in [0.29, 0.717) is 11.4 Å². The molecule has 108 valence electrons. The summed E-state index contributed by atoms with van der Waals surface area (Å²) in [5.41, 5.74) is 1.31. The number of fused-ring (bicyclic) bond motifs is 1. The third-order valence-corrected chi connectivity index (χ3v) is 3.37. The quantitative estimate of drug-likeness (QED) is 0.871. The van der Waals surface area contributed by atoms with E-state index < -0.39 is 11.6 Å². The molecule has 0 spiro atoms. The van der Waals surface area contributed by atoms with Gasteiger partial charge in [-0.05, 0) is 42.5 Å². The van der Waals surface area contributed by atoms with Crippen molar-refractivity contribution in [2.24, 2.45) is 0 Å². The van der Waals surface area contributed by atoms with E-state index >= 15 is 0 Å². The predicted molar refractivity (Wildman–Crippen MR) is 79.3 cm³/mol. The van der Waals surface area contributed by atoms with E-state index in [-0.39, 0.29) is 16.8 Å². The van der Waals surface area contributed by atoms with Crippen molar-refractivity contribution in [2.75, 3.05) is 11.9 Å². The van der Waals surface area contributed by atoms with Gasteiger partial charge in [0, 0.05) is 11.9 Å². The summed E-state index contributed by atoms with van der Waals surface area (Å²) in [7, 11) is 0. The Bertz CT molecular complexity index is 636. The molecule has 0 bridgehead atoms. The highest BCUT2D eigenvalue weighted by molar-refractivity contribution is 5.84. The molecule has 1 N–H and O–H groups in total. The van der Waals surface area contributed by atoms with E-state index in [2.05, 4.69) is 10.3 Å². The van der Waals surface area contributed by atoms with Crippen molar-refractivity contribution in [3.8, 4) is 0 Å². The van der Waals surface area contributed by atoms with Crippen molar-refractivity contribution in [2.45, 2.75) is 40.0 Å². The van der Waals surface area contributed by atoms with E-state index in [1.807, 2.05) is 20.8 Å². The lowest BCUT2D eigenvalue weighted by atomic mass is 10.0. The van der Waals surface area contributed by atoms with Crippen molar-refractivity contribution < 1.29 is 8.78 Å². The molecular formula is C16H20F2N2. The zero-order chi connectivity index (χ0) is 14.9. The van der Waals surface area contributed by atoms with Gasteiger partial charge in [-0.1, -0.05) is 20.8 Å². The predicted octanol–water partition coefficient (Wildman–Crippen LogP) is 4.77. The second kappa shape index (κ2) is 5.73. The number of aryl methyl sites for hydroxylation is 1. The molecule has 20 heavy (non-hydrogen) atoms. The molecule has 1 aromatic heterocycles. The van der Waals surface area contributed by atoms with E-state index in [0.717, 1.165) is 18.5 Å². The molecule has 0 amide bonds. The average Bonchev–Trinajstić information content (AvgIpc) is 2.41. The van der Waals surface area contributed by atoms with Crippen LogP contribution in [0.4, 0.5) is 14.6 Å². The van der Waals surface area contributed by atoms with Crippen molar-refractivity contribution >= 4 is 16.7 Å².